The Labute approximate surface area is 244 Å². The Bertz CT molecular complexity index is 1900. The maximum Gasteiger partial charge on any atom is 0.264 e. The molecule has 5 aromatic rings. The quantitative estimate of drug-likeness (QED) is 0.298. The van der Waals surface area contributed by atoms with Gasteiger partial charge in [0.05, 0.1) is 29.3 Å². The standard InChI is InChI=1S/C34H33N5O3/c1-21-18-25(19-22(2)42-21)14-15-26-10-8-11-27-20-29(39(34(41)31(26)27)28-12-6-5-7-13-28)23(3)36-33(40)30-24(4)37-38-17-9-16-35-32(30)38/h5-13,16-17,20-23,25H,18-19H2,1-4H3,(H,36,40). The number of nitrogens with one attached hydrogen (secondary N) is 1. The van der Waals surface area contributed by atoms with E-state index in [1.54, 1.807) is 34.5 Å². The molecule has 42 heavy (non-hydrogen) atoms. The summed E-state index contributed by atoms with van der Waals surface area (Å²) in [6.07, 6.45) is 5.47. The Morgan fingerprint density at radius 2 is 1.83 bits per heavy atom. The fraction of sp³-hybridized carbons (Fsp3) is 0.294. The van der Waals surface area contributed by atoms with Gasteiger partial charge in [-0.1, -0.05) is 42.2 Å². The Balaban J connectivity index is 1.43. The van der Waals surface area contributed by atoms with Crippen molar-refractivity contribution in [2.75, 3.05) is 0 Å². The minimum Gasteiger partial charge on any atom is -0.375 e. The van der Waals surface area contributed by atoms with E-state index >= 15 is 0 Å². The summed E-state index contributed by atoms with van der Waals surface area (Å²) in [7, 11) is 0. The highest BCUT2D eigenvalue weighted by Gasteiger charge is 2.25. The normalized spacial score (nSPS) is 19.3. The number of ether oxygens (including phenoxy) is 1. The molecule has 1 aliphatic heterocycles. The van der Waals surface area contributed by atoms with E-state index in [1.807, 2.05) is 61.5 Å². The monoisotopic (exact) mass is 559 g/mol. The first-order chi connectivity index (χ1) is 20.3. The molecule has 0 aliphatic carbocycles. The summed E-state index contributed by atoms with van der Waals surface area (Å²) >= 11 is 0. The number of aryl methyl sites for hydroxylation is 1. The number of carbonyl (C=O) groups is 1. The van der Waals surface area contributed by atoms with Gasteiger partial charge in [0.15, 0.2) is 5.65 Å². The van der Waals surface area contributed by atoms with Gasteiger partial charge in [0.2, 0.25) is 0 Å². The van der Waals surface area contributed by atoms with Crippen LogP contribution in [0.4, 0.5) is 0 Å². The molecule has 0 bridgehead atoms. The number of amides is 1. The van der Waals surface area contributed by atoms with E-state index in [9.17, 15) is 9.59 Å². The van der Waals surface area contributed by atoms with Crippen LogP contribution >= 0.6 is 0 Å². The maximum atomic E-state index is 14.3. The zero-order chi connectivity index (χ0) is 29.4. The van der Waals surface area contributed by atoms with E-state index in [0.29, 0.717) is 39.2 Å². The first-order valence-corrected chi connectivity index (χ1v) is 14.3. The zero-order valence-electron chi connectivity index (χ0n) is 24.2. The SMILES string of the molecule is Cc1nn2cccnc2c1C(=O)NC(C)c1cc2cccc(C#CC3CC(C)OC(C)C3)c2c(=O)n1-c1ccccc1. The average molecular weight is 560 g/mol. The number of aromatic nitrogens is 4. The van der Waals surface area contributed by atoms with E-state index < -0.39 is 6.04 Å². The molecule has 3 atom stereocenters. The van der Waals surface area contributed by atoms with Crippen LogP contribution in [0.1, 0.15) is 67.0 Å². The molecular weight excluding hydrogens is 526 g/mol. The average Bonchev–Trinajstić information content (AvgIpc) is 3.31. The highest BCUT2D eigenvalue weighted by molar-refractivity contribution is 6.01. The molecule has 1 fully saturated rings. The number of pyridine rings is 1. The Kier molecular flexibility index (Phi) is 7.36. The molecule has 1 N–H and O–H groups in total. The number of para-hydroxylation sites is 1. The van der Waals surface area contributed by atoms with Crippen LogP contribution in [-0.4, -0.2) is 37.3 Å². The maximum absolute atomic E-state index is 14.3. The number of benzene rings is 2. The molecule has 0 radical (unpaired) electrons. The summed E-state index contributed by atoms with van der Waals surface area (Å²) in [5, 5.41) is 8.85. The summed E-state index contributed by atoms with van der Waals surface area (Å²) in [5.41, 5.74) is 3.36. The molecule has 3 aromatic heterocycles. The number of nitrogens with zero attached hydrogens (tertiary/aromatic N) is 4. The molecular formula is C34H33N5O3. The van der Waals surface area contributed by atoms with Crippen LogP contribution in [0.5, 0.6) is 0 Å². The van der Waals surface area contributed by atoms with Gasteiger partial charge in [-0.15, -0.1) is 0 Å². The van der Waals surface area contributed by atoms with Gasteiger partial charge in [0.1, 0.15) is 5.56 Å². The Hall–Kier alpha value is -4.74. The molecule has 6 rings (SSSR count). The number of carbonyl (C=O) groups excluding carboxylic acids is 1. The minimum atomic E-state index is -0.507. The number of rotatable bonds is 4. The zero-order valence-corrected chi connectivity index (χ0v) is 24.2. The van der Waals surface area contributed by atoms with Gasteiger partial charge >= 0.3 is 0 Å². The smallest absolute Gasteiger partial charge is 0.264 e. The molecule has 1 saturated heterocycles. The highest BCUT2D eigenvalue weighted by Crippen LogP contribution is 2.26. The van der Waals surface area contributed by atoms with Crippen molar-refractivity contribution in [3.05, 3.63) is 106 Å². The summed E-state index contributed by atoms with van der Waals surface area (Å²) in [6.45, 7) is 7.82. The predicted molar refractivity (Wildman–Crippen MR) is 163 cm³/mol. The third kappa shape index (κ3) is 5.19. The highest BCUT2D eigenvalue weighted by atomic mass is 16.5. The van der Waals surface area contributed by atoms with Gasteiger partial charge in [-0.25, -0.2) is 9.50 Å². The molecule has 8 nitrogen and oxygen atoms in total. The first kappa shape index (κ1) is 27.4. The van der Waals surface area contributed by atoms with Crippen molar-refractivity contribution in [2.24, 2.45) is 5.92 Å². The van der Waals surface area contributed by atoms with Crippen molar-refractivity contribution in [3.63, 3.8) is 0 Å². The lowest BCUT2D eigenvalue weighted by molar-refractivity contribution is -0.0419. The van der Waals surface area contributed by atoms with Crippen LogP contribution in [0.25, 0.3) is 22.1 Å². The lowest BCUT2D eigenvalue weighted by atomic mass is 9.92. The summed E-state index contributed by atoms with van der Waals surface area (Å²) in [5.74, 6) is 6.67. The summed E-state index contributed by atoms with van der Waals surface area (Å²) in [4.78, 5) is 32.2. The van der Waals surface area contributed by atoms with Gasteiger partial charge in [0.25, 0.3) is 11.5 Å². The molecule has 1 amide bonds. The van der Waals surface area contributed by atoms with Crippen molar-refractivity contribution >= 4 is 22.3 Å². The van der Waals surface area contributed by atoms with E-state index in [0.717, 1.165) is 18.2 Å². The fourth-order valence-electron chi connectivity index (χ4n) is 5.96. The molecule has 0 saturated carbocycles. The van der Waals surface area contributed by atoms with Crippen LogP contribution in [0.2, 0.25) is 0 Å². The van der Waals surface area contributed by atoms with Crippen molar-refractivity contribution in [3.8, 4) is 17.5 Å². The third-order valence-electron chi connectivity index (χ3n) is 7.79. The van der Waals surface area contributed by atoms with Gasteiger partial charge in [-0.2, -0.15) is 5.10 Å². The van der Waals surface area contributed by atoms with E-state index in [4.69, 9.17) is 4.74 Å². The van der Waals surface area contributed by atoms with Crippen LogP contribution in [0, 0.1) is 24.7 Å². The van der Waals surface area contributed by atoms with Crippen LogP contribution in [0.3, 0.4) is 0 Å². The number of hydrogen-bond donors (Lipinski definition) is 1. The van der Waals surface area contributed by atoms with Gasteiger partial charge in [0, 0.05) is 35.3 Å². The van der Waals surface area contributed by atoms with E-state index in [1.165, 1.54) is 0 Å². The van der Waals surface area contributed by atoms with Gasteiger partial charge in [-0.05, 0) is 76.3 Å². The van der Waals surface area contributed by atoms with Crippen LogP contribution in [-0.2, 0) is 4.74 Å². The topological polar surface area (TPSA) is 90.5 Å². The predicted octanol–water partition coefficient (Wildman–Crippen LogP) is 5.39. The van der Waals surface area contributed by atoms with Crippen LogP contribution in [0.15, 0.2) is 77.9 Å². The summed E-state index contributed by atoms with van der Waals surface area (Å²) < 4.78 is 9.15. The molecule has 3 unspecified atom stereocenters. The van der Waals surface area contributed by atoms with E-state index in [-0.39, 0.29) is 29.6 Å². The number of fused-ring (bicyclic) bond motifs is 2. The van der Waals surface area contributed by atoms with E-state index in [2.05, 4.69) is 41.1 Å². The first-order valence-electron chi connectivity index (χ1n) is 14.3. The molecule has 0 spiro atoms. The molecule has 2 aromatic carbocycles. The largest absolute Gasteiger partial charge is 0.375 e. The van der Waals surface area contributed by atoms with Crippen molar-refractivity contribution < 1.29 is 9.53 Å². The second-order valence-electron chi connectivity index (χ2n) is 11.1. The Morgan fingerprint density at radius 1 is 1.07 bits per heavy atom. The van der Waals surface area contributed by atoms with Crippen molar-refractivity contribution in [2.45, 2.75) is 58.8 Å². The second kappa shape index (κ2) is 11.3. The Morgan fingerprint density at radius 3 is 2.60 bits per heavy atom. The second-order valence-corrected chi connectivity index (χ2v) is 11.1. The van der Waals surface area contributed by atoms with Crippen LogP contribution < -0.4 is 10.9 Å². The fourth-order valence-corrected chi connectivity index (χ4v) is 5.96. The molecule has 212 valence electrons. The minimum absolute atomic E-state index is 0.162. The molecule has 8 heteroatoms. The lowest BCUT2D eigenvalue weighted by Gasteiger charge is -2.29. The molecule has 4 heterocycles. The van der Waals surface area contributed by atoms with Crippen molar-refractivity contribution in [1.29, 1.82) is 0 Å². The van der Waals surface area contributed by atoms with Crippen molar-refractivity contribution in [1.82, 2.24) is 24.5 Å². The number of hydrogen-bond acceptors (Lipinski definition) is 5. The van der Waals surface area contributed by atoms with Gasteiger partial charge < -0.3 is 10.1 Å². The molecule has 1 aliphatic rings. The lowest BCUT2D eigenvalue weighted by Crippen LogP contribution is -2.32. The third-order valence-corrected chi connectivity index (χ3v) is 7.79. The summed E-state index contributed by atoms with van der Waals surface area (Å²) in [6, 6.07) is 18.5. The van der Waals surface area contributed by atoms with Gasteiger partial charge in [-0.3, -0.25) is 14.2 Å².